The highest BCUT2D eigenvalue weighted by atomic mass is 16.9. The first-order chi connectivity index (χ1) is 13.2. The Morgan fingerprint density at radius 3 is 1.56 bits per heavy atom. The maximum absolute atomic E-state index is 6.06. The van der Waals surface area contributed by atoms with Gasteiger partial charge in [-0.05, 0) is 6.42 Å². The van der Waals surface area contributed by atoms with Gasteiger partial charge in [0.15, 0.2) is 0 Å². The maximum Gasteiger partial charge on any atom is 0.289 e. The van der Waals surface area contributed by atoms with Crippen LogP contribution in [0.2, 0.25) is 0 Å². The molecule has 0 rings (SSSR count). The van der Waals surface area contributed by atoms with Crippen molar-refractivity contribution < 1.29 is 28.4 Å². The minimum atomic E-state index is -1.19. The van der Waals surface area contributed by atoms with Gasteiger partial charge in [0, 0.05) is 21.3 Å². The lowest BCUT2D eigenvalue weighted by atomic mass is 9.97. The van der Waals surface area contributed by atoms with Crippen molar-refractivity contribution >= 4 is 0 Å². The quantitative estimate of drug-likeness (QED) is 0.166. The summed E-state index contributed by atoms with van der Waals surface area (Å²) in [6, 6.07) is 0. The van der Waals surface area contributed by atoms with Crippen LogP contribution in [0.15, 0.2) is 12.7 Å². The van der Waals surface area contributed by atoms with Crippen molar-refractivity contribution in [2.24, 2.45) is 5.92 Å². The molecule has 0 amide bonds. The lowest BCUT2D eigenvalue weighted by Gasteiger charge is -2.38. The van der Waals surface area contributed by atoms with E-state index >= 15 is 0 Å². The highest BCUT2D eigenvalue weighted by Crippen LogP contribution is 2.31. The Labute approximate surface area is 166 Å². The molecule has 0 aliphatic rings. The van der Waals surface area contributed by atoms with Crippen molar-refractivity contribution in [3.8, 4) is 0 Å². The van der Waals surface area contributed by atoms with Crippen molar-refractivity contribution in [3.63, 3.8) is 0 Å². The van der Waals surface area contributed by atoms with Gasteiger partial charge in [0.1, 0.15) is 0 Å². The van der Waals surface area contributed by atoms with Crippen LogP contribution in [0.5, 0.6) is 0 Å². The Bertz CT molecular complexity index is 297. The van der Waals surface area contributed by atoms with E-state index in [0.717, 1.165) is 12.8 Å². The molecule has 0 heterocycles. The molecule has 6 nitrogen and oxygen atoms in total. The van der Waals surface area contributed by atoms with Crippen LogP contribution in [0.4, 0.5) is 0 Å². The number of ether oxygens (including phenoxy) is 6. The Kier molecular flexibility index (Phi) is 18.5. The van der Waals surface area contributed by atoms with Crippen LogP contribution < -0.4 is 0 Å². The Hall–Kier alpha value is -0.500. The van der Waals surface area contributed by atoms with E-state index in [1.165, 1.54) is 32.1 Å². The molecule has 0 fully saturated rings. The first-order valence-electron chi connectivity index (χ1n) is 10.2. The summed E-state index contributed by atoms with van der Waals surface area (Å²) >= 11 is 0. The van der Waals surface area contributed by atoms with E-state index in [1.54, 1.807) is 21.3 Å². The van der Waals surface area contributed by atoms with Gasteiger partial charge in [-0.2, -0.15) is 0 Å². The number of hydrogen-bond acceptors (Lipinski definition) is 6. The third-order valence-corrected chi connectivity index (χ3v) is 4.38. The zero-order valence-corrected chi connectivity index (χ0v) is 18.0. The Morgan fingerprint density at radius 2 is 1.15 bits per heavy atom. The molecule has 1 unspecified atom stereocenters. The summed E-state index contributed by atoms with van der Waals surface area (Å²) in [5.41, 5.74) is 0. The fourth-order valence-electron chi connectivity index (χ4n) is 2.83. The van der Waals surface area contributed by atoms with E-state index in [9.17, 15) is 0 Å². The SMILES string of the molecule is C=CC(CCCCCCCC)C(OCCOC)(OCCOC)OCCOC. The molecule has 0 spiro atoms. The van der Waals surface area contributed by atoms with E-state index in [-0.39, 0.29) is 5.92 Å². The summed E-state index contributed by atoms with van der Waals surface area (Å²) in [4.78, 5) is 0. The standard InChI is InChI=1S/C21H42O6/c1-6-8-9-10-11-12-13-20(7-2)21(25-17-14-22-3,26-18-15-23-4)27-19-16-24-5/h7,20H,2,6,8-19H2,1,3-5H3. The van der Waals surface area contributed by atoms with Gasteiger partial charge >= 0.3 is 0 Å². The normalized spacial score (nSPS) is 13.0. The zero-order valence-electron chi connectivity index (χ0n) is 18.0. The average Bonchev–Trinajstić information content (AvgIpc) is 2.67. The second kappa shape index (κ2) is 18.8. The van der Waals surface area contributed by atoms with Gasteiger partial charge < -0.3 is 28.4 Å². The molecule has 27 heavy (non-hydrogen) atoms. The minimum Gasteiger partial charge on any atom is -0.382 e. The fourth-order valence-corrected chi connectivity index (χ4v) is 2.83. The second-order valence-corrected chi connectivity index (χ2v) is 6.53. The van der Waals surface area contributed by atoms with Crippen LogP contribution in [-0.4, -0.2) is 66.9 Å². The third kappa shape index (κ3) is 12.5. The largest absolute Gasteiger partial charge is 0.382 e. The van der Waals surface area contributed by atoms with Gasteiger partial charge in [-0.15, -0.1) is 6.58 Å². The fraction of sp³-hybridized carbons (Fsp3) is 0.905. The van der Waals surface area contributed by atoms with Crippen LogP contribution in [-0.2, 0) is 28.4 Å². The van der Waals surface area contributed by atoms with E-state index in [0.29, 0.717) is 39.6 Å². The van der Waals surface area contributed by atoms with Crippen LogP contribution >= 0.6 is 0 Å². The van der Waals surface area contributed by atoms with Gasteiger partial charge in [-0.25, -0.2) is 0 Å². The second-order valence-electron chi connectivity index (χ2n) is 6.53. The molecule has 0 bridgehead atoms. The van der Waals surface area contributed by atoms with Crippen molar-refractivity contribution in [1.29, 1.82) is 0 Å². The molecule has 0 aromatic rings. The molecule has 162 valence electrons. The lowest BCUT2D eigenvalue weighted by molar-refractivity contribution is -0.402. The monoisotopic (exact) mass is 390 g/mol. The molecular formula is C21H42O6. The first-order valence-corrected chi connectivity index (χ1v) is 10.2. The minimum absolute atomic E-state index is 0.0887. The smallest absolute Gasteiger partial charge is 0.289 e. The van der Waals surface area contributed by atoms with Crippen LogP contribution in [0.25, 0.3) is 0 Å². The molecule has 0 saturated heterocycles. The van der Waals surface area contributed by atoms with E-state index in [2.05, 4.69) is 13.5 Å². The number of methoxy groups -OCH3 is 3. The van der Waals surface area contributed by atoms with Crippen molar-refractivity contribution in [1.82, 2.24) is 0 Å². The summed E-state index contributed by atoms with van der Waals surface area (Å²) in [7, 11) is 4.93. The number of unbranched alkanes of at least 4 members (excludes halogenated alkanes) is 5. The highest BCUT2D eigenvalue weighted by molar-refractivity contribution is 4.87. The van der Waals surface area contributed by atoms with Gasteiger partial charge in [0.05, 0.1) is 45.6 Å². The summed E-state index contributed by atoms with van der Waals surface area (Å²) in [5.74, 6) is -1.28. The van der Waals surface area contributed by atoms with Crippen LogP contribution in [0, 0.1) is 5.92 Å². The molecule has 0 radical (unpaired) electrons. The van der Waals surface area contributed by atoms with Crippen molar-refractivity contribution in [2.45, 2.75) is 57.8 Å². The number of rotatable bonds is 21. The molecule has 0 aromatic carbocycles. The topological polar surface area (TPSA) is 55.4 Å². The van der Waals surface area contributed by atoms with Gasteiger partial charge in [0.25, 0.3) is 5.97 Å². The van der Waals surface area contributed by atoms with E-state index < -0.39 is 5.97 Å². The Balaban J connectivity index is 4.95. The molecule has 0 aliphatic carbocycles. The average molecular weight is 391 g/mol. The molecule has 1 atom stereocenters. The zero-order chi connectivity index (χ0) is 20.2. The van der Waals surface area contributed by atoms with Crippen molar-refractivity contribution in [3.05, 3.63) is 12.7 Å². The Morgan fingerprint density at radius 1 is 0.704 bits per heavy atom. The van der Waals surface area contributed by atoms with E-state index in [1.807, 2.05) is 6.08 Å². The first kappa shape index (κ1) is 26.5. The van der Waals surface area contributed by atoms with Gasteiger partial charge in [-0.3, -0.25) is 0 Å². The van der Waals surface area contributed by atoms with Gasteiger partial charge in [-0.1, -0.05) is 51.5 Å². The van der Waals surface area contributed by atoms with Crippen molar-refractivity contribution in [2.75, 3.05) is 61.0 Å². The van der Waals surface area contributed by atoms with E-state index in [4.69, 9.17) is 28.4 Å². The van der Waals surface area contributed by atoms with Gasteiger partial charge in [0.2, 0.25) is 0 Å². The predicted molar refractivity (Wildman–Crippen MR) is 108 cm³/mol. The molecular weight excluding hydrogens is 348 g/mol. The van der Waals surface area contributed by atoms with Crippen LogP contribution in [0.1, 0.15) is 51.9 Å². The molecule has 0 aliphatic heterocycles. The summed E-state index contributed by atoms with van der Waals surface area (Å²) < 4.78 is 33.6. The predicted octanol–water partition coefficient (Wildman–Crippen LogP) is 4.18. The summed E-state index contributed by atoms with van der Waals surface area (Å²) in [6.45, 7) is 8.74. The van der Waals surface area contributed by atoms with Crippen LogP contribution in [0.3, 0.4) is 0 Å². The third-order valence-electron chi connectivity index (χ3n) is 4.38. The molecule has 0 N–H and O–H groups in total. The molecule has 0 saturated carbocycles. The highest BCUT2D eigenvalue weighted by Gasteiger charge is 2.41. The summed E-state index contributed by atoms with van der Waals surface area (Å²) in [6.07, 6.45) is 10.1. The molecule has 0 aromatic heterocycles. The number of hydrogen-bond donors (Lipinski definition) is 0. The maximum atomic E-state index is 6.06. The molecule has 6 heteroatoms. The summed E-state index contributed by atoms with van der Waals surface area (Å²) in [5, 5.41) is 0. The lowest BCUT2D eigenvalue weighted by Crippen LogP contribution is -2.47.